The van der Waals surface area contributed by atoms with Gasteiger partial charge in [-0.1, -0.05) is 0 Å². The van der Waals surface area contributed by atoms with Crippen molar-refractivity contribution in [1.82, 2.24) is 15.0 Å². The summed E-state index contributed by atoms with van der Waals surface area (Å²) < 4.78 is 13.9. The van der Waals surface area contributed by atoms with Crippen LogP contribution in [-0.4, -0.2) is 27.5 Å². The second-order valence-corrected chi connectivity index (χ2v) is 7.81. The maximum Gasteiger partial charge on any atom is 0.249 e. The Morgan fingerprint density at radius 1 is 1.21 bits per heavy atom. The van der Waals surface area contributed by atoms with Gasteiger partial charge in [0.2, 0.25) is 5.91 Å². The van der Waals surface area contributed by atoms with Crippen molar-refractivity contribution in [2.45, 2.75) is 44.6 Å². The number of nitrogens with zero attached hydrogens (tertiary/aromatic N) is 4. The summed E-state index contributed by atoms with van der Waals surface area (Å²) in [6, 6.07) is 5.85. The molecule has 1 aromatic carbocycles. The third-order valence-electron chi connectivity index (χ3n) is 5.87. The molecular weight excluding hydrogens is 371 g/mol. The lowest BCUT2D eigenvalue weighted by molar-refractivity contribution is -0.183. The number of hydrogen-bond acceptors (Lipinski definition) is 5. The van der Waals surface area contributed by atoms with E-state index in [4.69, 9.17) is 10.1 Å². The van der Waals surface area contributed by atoms with E-state index in [9.17, 15) is 9.18 Å². The minimum atomic E-state index is -0.470. The van der Waals surface area contributed by atoms with Gasteiger partial charge in [-0.15, -0.1) is 0 Å². The van der Waals surface area contributed by atoms with Gasteiger partial charge >= 0.3 is 0 Å². The van der Waals surface area contributed by atoms with Crippen molar-refractivity contribution >= 4 is 5.91 Å². The number of hydroxylamine groups is 2. The summed E-state index contributed by atoms with van der Waals surface area (Å²) in [5, 5.41) is 10.5. The third kappa shape index (κ3) is 4.43. The molecule has 0 unspecified atom stereocenters. The highest BCUT2D eigenvalue weighted by Crippen LogP contribution is 2.37. The summed E-state index contributed by atoms with van der Waals surface area (Å²) in [5.41, 5.74) is 1.86. The summed E-state index contributed by atoms with van der Waals surface area (Å²) in [6.07, 6.45) is 10.2. The molecule has 1 aromatic heterocycles. The smallest absolute Gasteiger partial charge is 0.249 e. The Labute approximate surface area is 169 Å². The summed E-state index contributed by atoms with van der Waals surface area (Å²) in [5.74, 6) is -0.0822. The van der Waals surface area contributed by atoms with Crippen LogP contribution in [0.2, 0.25) is 0 Å². The first kappa shape index (κ1) is 19.5. The maximum atomic E-state index is 13.9. The fourth-order valence-electron chi connectivity index (χ4n) is 4.38. The van der Waals surface area contributed by atoms with Gasteiger partial charge in [-0.05, 0) is 61.8 Å². The van der Waals surface area contributed by atoms with Gasteiger partial charge in [0.25, 0.3) is 0 Å². The Morgan fingerprint density at radius 2 is 2.03 bits per heavy atom. The summed E-state index contributed by atoms with van der Waals surface area (Å²) in [7, 11) is 0. The number of rotatable bonds is 4. The van der Waals surface area contributed by atoms with Crippen LogP contribution in [0, 0.1) is 29.0 Å². The molecule has 1 aliphatic heterocycles. The largest absolute Gasteiger partial charge is 0.272 e. The molecule has 1 atom stereocenters. The monoisotopic (exact) mass is 394 g/mol. The number of hydrogen-bond donors (Lipinski definition) is 0. The number of nitriles is 1. The zero-order valence-electron chi connectivity index (χ0n) is 16.1. The van der Waals surface area contributed by atoms with Gasteiger partial charge in [0.05, 0.1) is 30.0 Å². The lowest BCUT2D eigenvalue weighted by Gasteiger charge is -2.32. The van der Waals surface area contributed by atoms with Crippen LogP contribution in [0.25, 0.3) is 0 Å². The molecule has 1 amide bonds. The van der Waals surface area contributed by atoms with E-state index in [0.29, 0.717) is 24.5 Å². The molecule has 1 saturated heterocycles. The SMILES string of the molecule is N#Cc1cc(F)cc([C@@H]2CCON2C(=O)[C@H]2CC[C@H](Cc3cnccn3)CC2)c1. The molecule has 0 N–H and O–H groups in total. The normalized spacial score (nSPS) is 24.3. The minimum Gasteiger partial charge on any atom is -0.272 e. The average molecular weight is 394 g/mol. The topological polar surface area (TPSA) is 79.1 Å². The Balaban J connectivity index is 1.39. The maximum absolute atomic E-state index is 13.9. The van der Waals surface area contributed by atoms with Crippen LogP contribution in [0.4, 0.5) is 4.39 Å². The fourth-order valence-corrected chi connectivity index (χ4v) is 4.38. The van der Waals surface area contributed by atoms with E-state index < -0.39 is 5.82 Å². The molecule has 150 valence electrons. The van der Waals surface area contributed by atoms with E-state index in [2.05, 4.69) is 9.97 Å². The summed E-state index contributed by atoms with van der Waals surface area (Å²) >= 11 is 0. The Morgan fingerprint density at radius 3 is 2.76 bits per heavy atom. The lowest BCUT2D eigenvalue weighted by atomic mass is 9.79. The third-order valence-corrected chi connectivity index (χ3v) is 5.87. The first-order chi connectivity index (χ1) is 14.1. The molecule has 4 rings (SSSR count). The van der Waals surface area contributed by atoms with Crippen LogP contribution >= 0.6 is 0 Å². The number of amides is 1. The van der Waals surface area contributed by atoms with Gasteiger partial charge in [-0.3, -0.25) is 19.6 Å². The fraction of sp³-hybridized carbons (Fsp3) is 0.455. The van der Waals surface area contributed by atoms with Crippen molar-refractivity contribution in [3.63, 3.8) is 0 Å². The van der Waals surface area contributed by atoms with Gasteiger partial charge in [0.1, 0.15) is 5.82 Å². The molecule has 2 aliphatic rings. The van der Waals surface area contributed by atoms with E-state index >= 15 is 0 Å². The summed E-state index contributed by atoms with van der Waals surface area (Å²) in [6.45, 7) is 0.414. The van der Waals surface area contributed by atoms with Gasteiger partial charge in [-0.25, -0.2) is 9.45 Å². The molecule has 1 saturated carbocycles. The van der Waals surface area contributed by atoms with E-state index in [0.717, 1.165) is 37.8 Å². The highest BCUT2D eigenvalue weighted by Gasteiger charge is 2.37. The van der Waals surface area contributed by atoms with Gasteiger partial charge in [0, 0.05) is 30.9 Å². The second-order valence-electron chi connectivity index (χ2n) is 7.81. The van der Waals surface area contributed by atoms with Gasteiger partial charge < -0.3 is 0 Å². The first-order valence-electron chi connectivity index (χ1n) is 10.1. The molecule has 6 nitrogen and oxygen atoms in total. The Bertz CT molecular complexity index is 907. The van der Waals surface area contributed by atoms with Crippen LogP contribution in [0.15, 0.2) is 36.8 Å². The van der Waals surface area contributed by atoms with Crippen molar-refractivity contribution in [1.29, 1.82) is 5.26 Å². The number of carbonyl (C=O) groups is 1. The van der Waals surface area contributed by atoms with Crippen molar-refractivity contribution in [3.8, 4) is 6.07 Å². The van der Waals surface area contributed by atoms with Crippen LogP contribution in [-0.2, 0) is 16.1 Å². The van der Waals surface area contributed by atoms with Crippen molar-refractivity contribution in [3.05, 3.63) is 59.4 Å². The van der Waals surface area contributed by atoms with E-state index in [-0.39, 0.29) is 23.4 Å². The second kappa shape index (κ2) is 8.66. The van der Waals surface area contributed by atoms with Gasteiger partial charge in [0.15, 0.2) is 0 Å². The lowest BCUT2D eigenvalue weighted by Crippen LogP contribution is -2.36. The Kier molecular flexibility index (Phi) is 5.81. The van der Waals surface area contributed by atoms with Crippen LogP contribution in [0.1, 0.15) is 55.0 Å². The van der Waals surface area contributed by atoms with E-state index in [1.54, 1.807) is 24.7 Å². The number of benzene rings is 1. The molecule has 7 heteroatoms. The Hall–Kier alpha value is -2.85. The van der Waals surface area contributed by atoms with Crippen LogP contribution in [0.3, 0.4) is 0 Å². The highest BCUT2D eigenvalue weighted by atomic mass is 19.1. The number of aromatic nitrogens is 2. The molecule has 2 heterocycles. The van der Waals surface area contributed by atoms with Crippen LogP contribution < -0.4 is 0 Å². The predicted octanol–water partition coefficient (Wildman–Crippen LogP) is 3.74. The highest BCUT2D eigenvalue weighted by molar-refractivity contribution is 5.78. The average Bonchev–Trinajstić information content (AvgIpc) is 3.24. The predicted molar refractivity (Wildman–Crippen MR) is 102 cm³/mol. The molecule has 2 aromatic rings. The van der Waals surface area contributed by atoms with Crippen LogP contribution in [0.5, 0.6) is 0 Å². The molecular formula is C22H23FN4O2. The molecule has 1 aliphatic carbocycles. The van der Waals surface area contributed by atoms with E-state index in [1.807, 2.05) is 6.07 Å². The zero-order chi connectivity index (χ0) is 20.2. The van der Waals surface area contributed by atoms with Crippen molar-refractivity contribution < 1.29 is 14.0 Å². The number of halogens is 1. The number of carbonyl (C=O) groups excluding carboxylic acids is 1. The standard InChI is InChI=1S/C22H23FN4O2/c23-19-10-16(13-24)9-18(12-19)21-5-8-29-27(21)22(28)17-3-1-15(2-4-17)11-20-14-25-6-7-26-20/h6-7,9-10,12,14-15,17,21H,1-5,8,11H2/t15-,17-,21-/m0/s1. The van der Waals surface area contributed by atoms with E-state index in [1.165, 1.54) is 17.2 Å². The summed E-state index contributed by atoms with van der Waals surface area (Å²) in [4.78, 5) is 27.2. The molecule has 0 spiro atoms. The van der Waals surface area contributed by atoms with Crippen molar-refractivity contribution in [2.75, 3.05) is 6.61 Å². The molecule has 2 fully saturated rings. The molecule has 0 radical (unpaired) electrons. The molecule has 29 heavy (non-hydrogen) atoms. The minimum absolute atomic E-state index is 0.0341. The van der Waals surface area contributed by atoms with Gasteiger partial charge in [-0.2, -0.15) is 5.26 Å². The van der Waals surface area contributed by atoms with Crippen molar-refractivity contribution in [2.24, 2.45) is 11.8 Å². The quantitative estimate of drug-likeness (QED) is 0.789. The first-order valence-corrected chi connectivity index (χ1v) is 10.1. The molecule has 0 bridgehead atoms. The zero-order valence-corrected chi connectivity index (χ0v) is 16.1.